The SMILES string of the molecule is NC1C2CCCC1CC(C(=O)N1CCN(CC(=O)N3CCCC3)CC1)C2. The summed E-state index contributed by atoms with van der Waals surface area (Å²) in [5.41, 5.74) is 6.37. The fraction of sp³-hybridized carbons (Fsp3) is 0.900. The van der Waals surface area contributed by atoms with Crippen LogP contribution in [0.5, 0.6) is 0 Å². The quantitative estimate of drug-likeness (QED) is 0.810. The summed E-state index contributed by atoms with van der Waals surface area (Å²) in [6, 6.07) is 0.321. The molecule has 2 atom stereocenters. The largest absolute Gasteiger partial charge is 0.342 e. The molecule has 2 saturated carbocycles. The van der Waals surface area contributed by atoms with E-state index in [4.69, 9.17) is 5.73 Å². The van der Waals surface area contributed by atoms with E-state index < -0.39 is 0 Å². The predicted molar refractivity (Wildman–Crippen MR) is 100 cm³/mol. The average Bonchev–Trinajstić information content (AvgIpc) is 3.16. The minimum absolute atomic E-state index is 0.183. The Labute approximate surface area is 157 Å². The molecule has 26 heavy (non-hydrogen) atoms. The summed E-state index contributed by atoms with van der Waals surface area (Å²) in [5, 5.41) is 0. The van der Waals surface area contributed by atoms with E-state index in [1.54, 1.807) is 0 Å². The molecule has 4 aliphatic rings. The highest BCUT2D eigenvalue weighted by Gasteiger charge is 2.42. The zero-order valence-electron chi connectivity index (χ0n) is 15.9. The minimum Gasteiger partial charge on any atom is -0.342 e. The molecule has 6 heteroatoms. The van der Waals surface area contributed by atoms with E-state index in [1.807, 2.05) is 9.80 Å². The smallest absolute Gasteiger partial charge is 0.236 e. The number of carbonyl (C=O) groups is 2. The molecule has 0 radical (unpaired) electrons. The Balaban J connectivity index is 1.25. The van der Waals surface area contributed by atoms with Crippen molar-refractivity contribution in [2.75, 3.05) is 45.8 Å². The second kappa shape index (κ2) is 7.85. The van der Waals surface area contributed by atoms with Crippen LogP contribution in [0, 0.1) is 17.8 Å². The Morgan fingerprint density at radius 2 is 1.42 bits per heavy atom. The Morgan fingerprint density at radius 1 is 0.808 bits per heavy atom. The van der Waals surface area contributed by atoms with Crippen LogP contribution in [-0.2, 0) is 9.59 Å². The van der Waals surface area contributed by atoms with E-state index in [9.17, 15) is 9.59 Å². The first-order chi connectivity index (χ1) is 12.6. The second-order valence-corrected chi connectivity index (χ2v) is 8.89. The lowest BCUT2D eigenvalue weighted by molar-refractivity contribution is -0.141. The van der Waals surface area contributed by atoms with Gasteiger partial charge >= 0.3 is 0 Å². The number of nitrogens with zero attached hydrogens (tertiary/aromatic N) is 3. The molecule has 0 aromatic heterocycles. The molecule has 2 aliphatic heterocycles. The van der Waals surface area contributed by atoms with E-state index >= 15 is 0 Å². The summed E-state index contributed by atoms with van der Waals surface area (Å²) in [6.07, 6.45) is 7.95. The van der Waals surface area contributed by atoms with Gasteiger partial charge in [0.05, 0.1) is 6.54 Å². The predicted octanol–water partition coefficient (Wildman–Crippen LogP) is 0.907. The molecule has 0 spiro atoms. The van der Waals surface area contributed by atoms with Crippen LogP contribution in [0.3, 0.4) is 0 Å². The van der Waals surface area contributed by atoms with Crippen molar-refractivity contribution >= 4 is 11.8 Å². The van der Waals surface area contributed by atoms with Gasteiger partial charge in [-0.25, -0.2) is 0 Å². The van der Waals surface area contributed by atoms with Crippen molar-refractivity contribution in [3.63, 3.8) is 0 Å². The second-order valence-electron chi connectivity index (χ2n) is 8.89. The minimum atomic E-state index is 0.183. The van der Waals surface area contributed by atoms with Crippen LogP contribution in [0.25, 0.3) is 0 Å². The van der Waals surface area contributed by atoms with Gasteiger partial charge in [-0.1, -0.05) is 6.42 Å². The van der Waals surface area contributed by atoms with Gasteiger partial charge in [-0.15, -0.1) is 0 Å². The van der Waals surface area contributed by atoms with Crippen molar-refractivity contribution < 1.29 is 9.59 Å². The average molecular weight is 363 g/mol. The third kappa shape index (κ3) is 3.77. The maximum Gasteiger partial charge on any atom is 0.236 e. The van der Waals surface area contributed by atoms with Crippen LogP contribution in [-0.4, -0.2) is 78.4 Å². The molecular weight excluding hydrogens is 328 g/mol. The molecule has 2 saturated heterocycles. The lowest BCUT2D eigenvalue weighted by Gasteiger charge is -2.45. The lowest BCUT2D eigenvalue weighted by Crippen LogP contribution is -2.54. The van der Waals surface area contributed by atoms with Crippen LogP contribution >= 0.6 is 0 Å². The van der Waals surface area contributed by atoms with E-state index in [-0.39, 0.29) is 11.8 Å². The third-order valence-corrected chi connectivity index (χ3v) is 7.26. The van der Waals surface area contributed by atoms with E-state index in [0.717, 1.165) is 65.0 Å². The summed E-state index contributed by atoms with van der Waals surface area (Å²) in [5.74, 6) is 1.89. The highest BCUT2D eigenvalue weighted by atomic mass is 16.2. The number of hydrogen-bond donors (Lipinski definition) is 1. The molecule has 6 nitrogen and oxygen atoms in total. The van der Waals surface area contributed by atoms with Crippen molar-refractivity contribution in [2.45, 2.75) is 51.0 Å². The molecule has 146 valence electrons. The number of rotatable bonds is 3. The summed E-state index contributed by atoms with van der Waals surface area (Å²) < 4.78 is 0. The molecule has 0 aromatic rings. The number of piperazine rings is 1. The first-order valence-electron chi connectivity index (χ1n) is 10.7. The summed E-state index contributed by atoms with van der Waals surface area (Å²) >= 11 is 0. The monoisotopic (exact) mass is 362 g/mol. The van der Waals surface area contributed by atoms with Crippen molar-refractivity contribution in [1.29, 1.82) is 0 Å². The molecule has 2 bridgehead atoms. The van der Waals surface area contributed by atoms with E-state index in [0.29, 0.717) is 30.3 Å². The number of likely N-dealkylation sites (tertiary alicyclic amines) is 1. The molecule has 2 aliphatic carbocycles. The molecule has 2 heterocycles. The Bertz CT molecular complexity index is 512. The Kier molecular flexibility index (Phi) is 5.50. The number of fused-ring (bicyclic) bond motifs is 2. The summed E-state index contributed by atoms with van der Waals surface area (Å²) in [4.78, 5) is 31.6. The van der Waals surface area contributed by atoms with Gasteiger partial charge in [0.1, 0.15) is 0 Å². The molecule has 4 fully saturated rings. The number of carbonyl (C=O) groups excluding carboxylic acids is 2. The third-order valence-electron chi connectivity index (χ3n) is 7.26. The van der Waals surface area contributed by atoms with Crippen LogP contribution < -0.4 is 5.73 Å². The lowest BCUT2D eigenvalue weighted by atomic mass is 9.65. The van der Waals surface area contributed by atoms with Gasteiger partial charge in [0.2, 0.25) is 11.8 Å². The van der Waals surface area contributed by atoms with Gasteiger partial charge < -0.3 is 15.5 Å². The zero-order valence-corrected chi connectivity index (χ0v) is 15.9. The van der Waals surface area contributed by atoms with Gasteiger partial charge in [-0.2, -0.15) is 0 Å². The maximum absolute atomic E-state index is 13.0. The van der Waals surface area contributed by atoms with Crippen LogP contribution in [0.4, 0.5) is 0 Å². The van der Waals surface area contributed by atoms with Gasteiger partial charge in [0.15, 0.2) is 0 Å². The molecule has 2 unspecified atom stereocenters. The summed E-state index contributed by atoms with van der Waals surface area (Å²) in [7, 11) is 0. The zero-order chi connectivity index (χ0) is 18.1. The number of amides is 2. The van der Waals surface area contributed by atoms with Crippen molar-refractivity contribution in [2.24, 2.45) is 23.5 Å². The van der Waals surface area contributed by atoms with Gasteiger partial charge in [-0.3, -0.25) is 14.5 Å². The Morgan fingerprint density at radius 3 is 2.04 bits per heavy atom. The number of hydrogen-bond acceptors (Lipinski definition) is 4. The molecule has 2 N–H and O–H groups in total. The first-order valence-corrected chi connectivity index (χ1v) is 10.7. The summed E-state index contributed by atoms with van der Waals surface area (Å²) in [6.45, 7) is 5.54. The molecule has 0 aromatic carbocycles. The molecule has 2 amide bonds. The fourth-order valence-corrected chi connectivity index (χ4v) is 5.63. The fourth-order valence-electron chi connectivity index (χ4n) is 5.63. The molecule has 4 rings (SSSR count). The van der Waals surface area contributed by atoms with Crippen molar-refractivity contribution in [3.8, 4) is 0 Å². The first kappa shape index (κ1) is 18.2. The maximum atomic E-state index is 13.0. The topological polar surface area (TPSA) is 69.9 Å². The van der Waals surface area contributed by atoms with Gasteiger partial charge in [-0.05, 0) is 50.4 Å². The van der Waals surface area contributed by atoms with E-state index in [2.05, 4.69) is 4.90 Å². The highest BCUT2D eigenvalue weighted by Crippen LogP contribution is 2.42. The molecular formula is C20H34N4O2. The normalized spacial score (nSPS) is 35.6. The standard InChI is InChI=1S/C20H34N4O2/c21-19-15-4-3-5-16(19)13-17(12-15)20(26)24-10-8-22(9-11-24)14-18(25)23-6-1-2-7-23/h15-17,19H,1-14,21H2. The van der Waals surface area contributed by atoms with E-state index in [1.165, 1.54) is 19.3 Å². The Hall–Kier alpha value is -1.14. The van der Waals surface area contributed by atoms with Crippen LogP contribution in [0.15, 0.2) is 0 Å². The van der Waals surface area contributed by atoms with Crippen LogP contribution in [0.2, 0.25) is 0 Å². The van der Waals surface area contributed by atoms with Gasteiger partial charge in [0, 0.05) is 51.2 Å². The highest BCUT2D eigenvalue weighted by molar-refractivity contribution is 5.80. The van der Waals surface area contributed by atoms with Crippen molar-refractivity contribution in [1.82, 2.24) is 14.7 Å². The van der Waals surface area contributed by atoms with Crippen LogP contribution in [0.1, 0.15) is 44.9 Å². The number of nitrogens with two attached hydrogens (primary N) is 1. The van der Waals surface area contributed by atoms with Gasteiger partial charge in [0.25, 0.3) is 0 Å². The van der Waals surface area contributed by atoms with Crippen molar-refractivity contribution in [3.05, 3.63) is 0 Å².